The summed E-state index contributed by atoms with van der Waals surface area (Å²) in [6.45, 7) is 3.44. The van der Waals surface area contributed by atoms with E-state index in [0.717, 1.165) is 0 Å². The summed E-state index contributed by atoms with van der Waals surface area (Å²) >= 11 is 0. The molecule has 1 unspecified atom stereocenters. The largest absolute Gasteiger partial charge is 0.490 e. The van der Waals surface area contributed by atoms with E-state index in [1.807, 2.05) is 0 Å². The molecule has 0 fully saturated rings. The highest BCUT2D eigenvalue weighted by atomic mass is 16.6. The molecule has 2 N–H and O–H groups in total. The summed E-state index contributed by atoms with van der Waals surface area (Å²) in [7, 11) is 1.27. The van der Waals surface area contributed by atoms with E-state index in [1.165, 1.54) is 25.3 Å². The van der Waals surface area contributed by atoms with Crippen LogP contribution in [0, 0.1) is 10.1 Å². The normalized spacial score (nSPS) is 13.4. The molecule has 1 rings (SSSR count). The zero-order valence-electron chi connectivity index (χ0n) is 11.7. The van der Waals surface area contributed by atoms with Crippen molar-refractivity contribution < 1.29 is 19.6 Å². The molecule has 0 heterocycles. The van der Waals surface area contributed by atoms with Crippen molar-refractivity contribution in [1.82, 2.24) is 5.32 Å². The number of nitrogens with one attached hydrogen (secondary N) is 1. The van der Waals surface area contributed by atoms with Crippen LogP contribution in [0.1, 0.15) is 30.6 Å². The van der Waals surface area contributed by atoms with Gasteiger partial charge in [-0.3, -0.25) is 14.9 Å². The molecule has 0 aliphatic carbocycles. The molecule has 0 aromatic heterocycles. The Morgan fingerprint density at radius 1 is 1.55 bits per heavy atom. The number of nitro groups is 1. The fraction of sp³-hybridized carbons (Fsp3) is 0.462. The van der Waals surface area contributed by atoms with Crippen LogP contribution in [0.3, 0.4) is 0 Å². The van der Waals surface area contributed by atoms with E-state index in [4.69, 9.17) is 4.74 Å². The number of nitro benzene ring substituents is 1. The second kappa shape index (κ2) is 6.33. The van der Waals surface area contributed by atoms with Crippen molar-refractivity contribution in [2.45, 2.75) is 25.9 Å². The van der Waals surface area contributed by atoms with Crippen LogP contribution in [0.5, 0.6) is 5.75 Å². The van der Waals surface area contributed by atoms with Crippen molar-refractivity contribution in [1.29, 1.82) is 0 Å². The van der Waals surface area contributed by atoms with Crippen molar-refractivity contribution in [3.63, 3.8) is 0 Å². The zero-order valence-corrected chi connectivity index (χ0v) is 11.7. The summed E-state index contributed by atoms with van der Waals surface area (Å²) in [4.78, 5) is 22.3. The van der Waals surface area contributed by atoms with Crippen LogP contribution in [0.4, 0.5) is 5.69 Å². The molecule has 0 saturated heterocycles. The molecule has 0 bridgehead atoms. The first-order valence-electron chi connectivity index (χ1n) is 6.14. The monoisotopic (exact) mass is 282 g/mol. The highest BCUT2D eigenvalue weighted by molar-refractivity contribution is 5.98. The lowest BCUT2D eigenvalue weighted by Gasteiger charge is -2.21. The predicted octanol–water partition coefficient (Wildman–Crippen LogP) is 1.49. The van der Waals surface area contributed by atoms with Crippen molar-refractivity contribution in [2.75, 3.05) is 13.7 Å². The predicted molar refractivity (Wildman–Crippen MR) is 72.9 cm³/mol. The zero-order chi connectivity index (χ0) is 15.3. The number of rotatable bonds is 6. The van der Waals surface area contributed by atoms with E-state index in [9.17, 15) is 20.0 Å². The minimum absolute atomic E-state index is 0.0498. The molecular weight excluding hydrogens is 264 g/mol. The summed E-state index contributed by atoms with van der Waals surface area (Å²) in [5, 5.41) is 23.2. The number of amides is 1. The van der Waals surface area contributed by atoms with Gasteiger partial charge in [0.2, 0.25) is 5.75 Å². The SMILES string of the molecule is CCC(C)(O)CNC(=O)c1cccc([N+](=O)[O-])c1OC. The number of carbonyl (C=O) groups is 1. The molecule has 1 aromatic rings. The molecule has 0 saturated carbocycles. The molecule has 7 heteroatoms. The van der Waals surface area contributed by atoms with Crippen LogP contribution in [0.25, 0.3) is 0 Å². The maximum atomic E-state index is 12.0. The van der Waals surface area contributed by atoms with Crippen LogP contribution in [0.2, 0.25) is 0 Å². The summed E-state index contributed by atoms with van der Waals surface area (Å²) in [6, 6.07) is 4.10. The minimum Gasteiger partial charge on any atom is -0.490 e. The third kappa shape index (κ3) is 3.67. The molecule has 1 atom stereocenters. The van der Waals surface area contributed by atoms with Gasteiger partial charge in [-0.05, 0) is 19.4 Å². The van der Waals surface area contributed by atoms with E-state index in [2.05, 4.69) is 5.32 Å². The Kier molecular flexibility index (Phi) is 5.04. The van der Waals surface area contributed by atoms with Gasteiger partial charge in [0.05, 0.1) is 23.2 Å². The maximum Gasteiger partial charge on any atom is 0.311 e. The average molecular weight is 282 g/mol. The molecule has 20 heavy (non-hydrogen) atoms. The number of carbonyl (C=O) groups excluding carboxylic acids is 1. The van der Waals surface area contributed by atoms with Crippen LogP contribution in [-0.4, -0.2) is 35.2 Å². The Hall–Kier alpha value is -2.15. The first kappa shape index (κ1) is 15.9. The van der Waals surface area contributed by atoms with E-state index >= 15 is 0 Å². The summed E-state index contributed by atoms with van der Waals surface area (Å²) in [5.41, 5.74) is -1.24. The van der Waals surface area contributed by atoms with E-state index in [-0.39, 0.29) is 23.5 Å². The molecule has 1 amide bonds. The number of nitrogens with zero attached hydrogens (tertiary/aromatic N) is 1. The number of aliphatic hydroxyl groups is 1. The lowest BCUT2D eigenvalue weighted by atomic mass is 10.0. The fourth-order valence-corrected chi connectivity index (χ4v) is 1.55. The Balaban J connectivity index is 2.99. The summed E-state index contributed by atoms with van der Waals surface area (Å²) in [6.07, 6.45) is 0.472. The Morgan fingerprint density at radius 2 is 2.20 bits per heavy atom. The van der Waals surface area contributed by atoms with Gasteiger partial charge in [0.1, 0.15) is 0 Å². The molecule has 0 aliphatic heterocycles. The van der Waals surface area contributed by atoms with Crippen molar-refractivity contribution in [3.8, 4) is 5.75 Å². The number of hydrogen-bond donors (Lipinski definition) is 2. The molecule has 0 spiro atoms. The minimum atomic E-state index is -1.02. The molecule has 0 radical (unpaired) electrons. The molecule has 0 aliphatic rings. The van der Waals surface area contributed by atoms with Gasteiger partial charge < -0.3 is 15.2 Å². The van der Waals surface area contributed by atoms with Gasteiger partial charge >= 0.3 is 5.69 Å². The second-order valence-corrected chi connectivity index (χ2v) is 4.65. The number of benzene rings is 1. The topological polar surface area (TPSA) is 102 Å². The van der Waals surface area contributed by atoms with Gasteiger partial charge in [0.25, 0.3) is 5.91 Å². The lowest BCUT2D eigenvalue weighted by molar-refractivity contribution is -0.385. The number of para-hydroxylation sites is 1. The van der Waals surface area contributed by atoms with Gasteiger partial charge in [-0.2, -0.15) is 0 Å². The van der Waals surface area contributed by atoms with E-state index < -0.39 is 16.4 Å². The highest BCUT2D eigenvalue weighted by Gasteiger charge is 2.24. The Bertz CT molecular complexity index is 513. The molecule has 7 nitrogen and oxygen atoms in total. The van der Waals surface area contributed by atoms with Crippen molar-refractivity contribution >= 4 is 11.6 Å². The molecular formula is C13H18N2O5. The smallest absolute Gasteiger partial charge is 0.311 e. The average Bonchev–Trinajstić information content (AvgIpc) is 2.43. The first-order chi connectivity index (χ1) is 9.32. The van der Waals surface area contributed by atoms with Gasteiger partial charge in [0, 0.05) is 12.6 Å². The standard InChI is InChI=1S/C13H18N2O5/c1-4-13(2,17)8-14-12(16)9-6-5-7-10(15(18)19)11(9)20-3/h5-7,17H,4,8H2,1-3H3,(H,14,16). The van der Waals surface area contributed by atoms with Crippen molar-refractivity contribution in [2.24, 2.45) is 0 Å². The van der Waals surface area contributed by atoms with Crippen LogP contribution in [-0.2, 0) is 0 Å². The maximum absolute atomic E-state index is 12.0. The summed E-state index contributed by atoms with van der Waals surface area (Å²) in [5.74, 6) is -0.620. The van der Waals surface area contributed by atoms with Gasteiger partial charge in [0.15, 0.2) is 0 Å². The van der Waals surface area contributed by atoms with Crippen LogP contribution < -0.4 is 10.1 Å². The van der Waals surface area contributed by atoms with Gasteiger partial charge in [-0.15, -0.1) is 0 Å². The number of methoxy groups -OCH3 is 1. The van der Waals surface area contributed by atoms with Gasteiger partial charge in [-0.25, -0.2) is 0 Å². The number of ether oxygens (including phenoxy) is 1. The summed E-state index contributed by atoms with van der Waals surface area (Å²) < 4.78 is 4.95. The highest BCUT2D eigenvalue weighted by Crippen LogP contribution is 2.30. The Labute approximate surface area is 116 Å². The second-order valence-electron chi connectivity index (χ2n) is 4.65. The third-order valence-electron chi connectivity index (χ3n) is 3.03. The third-order valence-corrected chi connectivity index (χ3v) is 3.03. The van der Waals surface area contributed by atoms with E-state index in [0.29, 0.717) is 6.42 Å². The molecule has 1 aromatic carbocycles. The first-order valence-corrected chi connectivity index (χ1v) is 6.14. The quantitative estimate of drug-likeness (QED) is 0.608. The van der Waals surface area contributed by atoms with Crippen LogP contribution >= 0.6 is 0 Å². The van der Waals surface area contributed by atoms with Crippen molar-refractivity contribution in [3.05, 3.63) is 33.9 Å². The molecule has 110 valence electrons. The lowest BCUT2D eigenvalue weighted by Crippen LogP contribution is -2.40. The number of hydrogen-bond acceptors (Lipinski definition) is 5. The fourth-order valence-electron chi connectivity index (χ4n) is 1.55. The van der Waals surface area contributed by atoms with Crippen LogP contribution in [0.15, 0.2) is 18.2 Å². The Morgan fingerprint density at radius 3 is 2.70 bits per heavy atom. The van der Waals surface area contributed by atoms with E-state index in [1.54, 1.807) is 13.8 Å². The van der Waals surface area contributed by atoms with Gasteiger partial charge in [-0.1, -0.05) is 13.0 Å².